The molecule has 0 saturated carbocycles. The molecule has 2 aromatic rings. The first-order chi connectivity index (χ1) is 9.72. The van der Waals surface area contributed by atoms with Crippen LogP contribution in [0.15, 0.2) is 22.8 Å². The zero-order chi connectivity index (χ0) is 13.9. The third kappa shape index (κ3) is 2.78. The number of aromatic nitrogens is 2. The molecule has 20 heavy (non-hydrogen) atoms. The van der Waals surface area contributed by atoms with Crippen molar-refractivity contribution in [2.24, 2.45) is 0 Å². The summed E-state index contributed by atoms with van der Waals surface area (Å²) in [6, 6.07) is 5.41. The summed E-state index contributed by atoms with van der Waals surface area (Å²) in [5.74, 6) is -0.0370. The number of nitrogens with one attached hydrogen (secondary N) is 1. The van der Waals surface area contributed by atoms with Crippen molar-refractivity contribution in [2.45, 2.75) is 0 Å². The van der Waals surface area contributed by atoms with E-state index in [9.17, 15) is 4.79 Å². The molecule has 0 atom stereocenters. The van der Waals surface area contributed by atoms with E-state index in [1.165, 1.54) is 0 Å². The van der Waals surface area contributed by atoms with Crippen molar-refractivity contribution in [1.29, 1.82) is 0 Å². The van der Waals surface area contributed by atoms with Gasteiger partial charge in [0.05, 0.1) is 12.2 Å². The molecule has 0 bridgehead atoms. The van der Waals surface area contributed by atoms with Gasteiger partial charge in [0.2, 0.25) is 5.91 Å². The van der Waals surface area contributed by atoms with Gasteiger partial charge in [0.25, 0.3) is 0 Å². The predicted octanol–water partition coefficient (Wildman–Crippen LogP) is 0.409. The molecule has 1 aromatic carbocycles. The Labute approximate surface area is 116 Å². The van der Waals surface area contributed by atoms with Gasteiger partial charge in [-0.25, -0.2) is 4.63 Å². The highest BCUT2D eigenvalue weighted by Gasteiger charge is 2.17. The second-order valence-electron chi connectivity index (χ2n) is 5.07. The van der Waals surface area contributed by atoms with Gasteiger partial charge in [0.1, 0.15) is 5.52 Å². The molecule has 106 valence electrons. The Balaban J connectivity index is 1.63. The second-order valence-corrected chi connectivity index (χ2v) is 5.07. The number of amides is 1. The maximum absolute atomic E-state index is 12.1. The third-order valence-electron chi connectivity index (χ3n) is 3.52. The zero-order valence-corrected chi connectivity index (χ0v) is 11.4. The van der Waals surface area contributed by atoms with Gasteiger partial charge < -0.3 is 10.2 Å². The monoisotopic (exact) mass is 275 g/mol. The molecule has 0 unspecified atom stereocenters. The van der Waals surface area contributed by atoms with Gasteiger partial charge in [-0.3, -0.25) is 9.69 Å². The highest BCUT2D eigenvalue weighted by molar-refractivity contribution is 5.99. The Morgan fingerprint density at radius 1 is 1.30 bits per heavy atom. The summed E-state index contributed by atoms with van der Waals surface area (Å²) in [5, 5.41) is 10.4. The quantitative estimate of drug-likeness (QED) is 0.874. The van der Waals surface area contributed by atoms with E-state index in [1.807, 2.05) is 6.07 Å². The number of benzene rings is 1. The lowest BCUT2D eigenvalue weighted by atomic mass is 10.2. The van der Waals surface area contributed by atoms with E-state index in [-0.39, 0.29) is 5.91 Å². The lowest BCUT2D eigenvalue weighted by Gasteiger charge is -2.31. The number of likely N-dealkylation sites (N-methyl/N-ethyl adjacent to an activating group) is 1. The number of nitrogens with zero attached hydrogens (tertiary/aromatic N) is 4. The van der Waals surface area contributed by atoms with Gasteiger partial charge in [-0.15, -0.1) is 0 Å². The number of hydrogen-bond acceptors (Lipinski definition) is 6. The van der Waals surface area contributed by atoms with Crippen LogP contribution in [0.1, 0.15) is 0 Å². The summed E-state index contributed by atoms with van der Waals surface area (Å²) in [7, 11) is 2.09. The van der Waals surface area contributed by atoms with Crippen molar-refractivity contribution < 1.29 is 9.42 Å². The molecule has 2 heterocycles. The molecule has 1 fully saturated rings. The molecule has 0 radical (unpaired) electrons. The van der Waals surface area contributed by atoms with Gasteiger partial charge in [-0.1, -0.05) is 6.07 Å². The Morgan fingerprint density at radius 2 is 2.10 bits per heavy atom. The molecule has 0 aliphatic carbocycles. The molecule has 1 amide bonds. The fourth-order valence-corrected chi connectivity index (χ4v) is 2.31. The van der Waals surface area contributed by atoms with Crippen LogP contribution in [0.25, 0.3) is 11.0 Å². The van der Waals surface area contributed by atoms with Gasteiger partial charge in [-0.2, -0.15) is 0 Å². The molecule has 0 spiro atoms. The van der Waals surface area contributed by atoms with E-state index in [0.29, 0.717) is 23.3 Å². The molecular formula is C13H17N5O2. The van der Waals surface area contributed by atoms with Crippen LogP contribution in [-0.2, 0) is 4.79 Å². The first kappa shape index (κ1) is 13.0. The first-order valence-electron chi connectivity index (χ1n) is 6.64. The van der Waals surface area contributed by atoms with Crippen molar-refractivity contribution in [3.05, 3.63) is 18.2 Å². The molecule has 3 rings (SSSR count). The predicted molar refractivity (Wildman–Crippen MR) is 74.4 cm³/mol. The van der Waals surface area contributed by atoms with E-state index in [4.69, 9.17) is 0 Å². The normalized spacial score (nSPS) is 17.4. The van der Waals surface area contributed by atoms with Crippen molar-refractivity contribution >= 4 is 22.6 Å². The van der Waals surface area contributed by atoms with Gasteiger partial charge in [0, 0.05) is 26.2 Å². The van der Waals surface area contributed by atoms with Crippen LogP contribution in [-0.4, -0.2) is 65.8 Å². The molecule has 1 saturated heterocycles. The average Bonchev–Trinajstić information content (AvgIpc) is 2.91. The van der Waals surface area contributed by atoms with Crippen LogP contribution in [0.3, 0.4) is 0 Å². The Morgan fingerprint density at radius 3 is 2.90 bits per heavy atom. The van der Waals surface area contributed by atoms with E-state index < -0.39 is 0 Å². The van der Waals surface area contributed by atoms with E-state index >= 15 is 0 Å². The van der Waals surface area contributed by atoms with Crippen LogP contribution in [0.5, 0.6) is 0 Å². The van der Waals surface area contributed by atoms with Crippen molar-refractivity contribution in [3.8, 4) is 0 Å². The largest absolute Gasteiger partial charge is 0.323 e. The molecule has 1 aromatic heterocycles. The van der Waals surface area contributed by atoms with Gasteiger partial charge in [-0.05, 0) is 29.5 Å². The Kier molecular flexibility index (Phi) is 3.62. The highest BCUT2D eigenvalue weighted by atomic mass is 16.6. The highest BCUT2D eigenvalue weighted by Crippen LogP contribution is 2.19. The van der Waals surface area contributed by atoms with Crippen LogP contribution in [0.4, 0.5) is 5.69 Å². The topological polar surface area (TPSA) is 74.5 Å². The van der Waals surface area contributed by atoms with Crippen molar-refractivity contribution in [1.82, 2.24) is 20.1 Å². The number of carbonyl (C=O) groups is 1. The SMILES string of the molecule is CN1CCN(CC(=O)Nc2cccc3nonc23)CC1. The number of hydrogen-bond donors (Lipinski definition) is 1. The summed E-state index contributed by atoms with van der Waals surface area (Å²) in [6.45, 7) is 4.22. The maximum atomic E-state index is 12.1. The molecule has 7 heteroatoms. The van der Waals surface area contributed by atoms with E-state index in [2.05, 4.69) is 37.1 Å². The Hall–Kier alpha value is -1.99. The summed E-state index contributed by atoms with van der Waals surface area (Å²) < 4.78 is 4.68. The van der Waals surface area contributed by atoms with Gasteiger partial charge in [0.15, 0.2) is 5.52 Å². The molecule has 1 N–H and O–H groups in total. The van der Waals surface area contributed by atoms with Crippen molar-refractivity contribution in [2.75, 3.05) is 45.1 Å². The maximum Gasteiger partial charge on any atom is 0.238 e. The lowest BCUT2D eigenvalue weighted by Crippen LogP contribution is -2.47. The molecule has 1 aliphatic heterocycles. The minimum Gasteiger partial charge on any atom is -0.323 e. The van der Waals surface area contributed by atoms with Crippen LogP contribution in [0.2, 0.25) is 0 Å². The number of carbonyl (C=O) groups excluding carboxylic acids is 1. The Bertz CT molecular complexity index is 604. The fourth-order valence-electron chi connectivity index (χ4n) is 2.31. The van der Waals surface area contributed by atoms with Crippen molar-refractivity contribution in [3.63, 3.8) is 0 Å². The number of anilines is 1. The van der Waals surface area contributed by atoms with Gasteiger partial charge >= 0.3 is 0 Å². The van der Waals surface area contributed by atoms with Crippen LogP contribution < -0.4 is 5.32 Å². The number of piperazine rings is 1. The number of fused-ring (bicyclic) bond motifs is 1. The smallest absolute Gasteiger partial charge is 0.238 e. The number of rotatable bonds is 3. The lowest BCUT2D eigenvalue weighted by molar-refractivity contribution is -0.117. The van der Waals surface area contributed by atoms with E-state index in [0.717, 1.165) is 26.2 Å². The molecule has 1 aliphatic rings. The second kappa shape index (κ2) is 5.56. The molecular weight excluding hydrogens is 258 g/mol. The fraction of sp³-hybridized carbons (Fsp3) is 0.462. The molecule has 7 nitrogen and oxygen atoms in total. The standard InChI is InChI=1S/C13H17N5O2/c1-17-5-7-18(8-6-17)9-12(19)14-10-3-2-4-11-13(10)16-20-15-11/h2-4H,5-9H2,1H3,(H,14,19). The summed E-state index contributed by atoms with van der Waals surface area (Å²) in [5.41, 5.74) is 1.87. The zero-order valence-electron chi connectivity index (χ0n) is 11.4. The summed E-state index contributed by atoms with van der Waals surface area (Å²) >= 11 is 0. The van der Waals surface area contributed by atoms with E-state index in [1.54, 1.807) is 12.1 Å². The summed E-state index contributed by atoms with van der Waals surface area (Å²) in [6.07, 6.45) is 0. The first-order valence-corrected chi connectivity index (χ1v) is 6.64. The summed E-state index contributed by atoms with van der Waals surface area (Å²) in [4.78, 5) is 16.5. The minimum absolute atomic E-state index is 0.0370. The van der Waals surface area contributed by atoms with Crippen LogP contribution in [0, 0.1) is 0 Å². The minimum atomic E-state index is -0.0370. The third-order valence-corrected chi connectivity index (χ3v) is 3.52. The average molecular weight is 275 g/mol. The van der Waals surface area contributed by atoms with Crippen LogP contribution >= 0.6 is 0 Å².